The van der Waals surface area contributed by atoms with Crippen LogP contribution in [0.4, 0.5) is 10.5 Å². The van der Waals surface area contributed by atoms with Crippen molar-refractivity contribution >= 4 is 40.9 Å². The second kappa shape index (κ2) is 6.33. The summed E-state index contributed by atoms with van der Waals surface area (Å²) < 4.78 is 0. The molecule has 20 heavy (non-hydrogen) atoms. The highest BCUT2D eigenvalue weighted by atomic mass is 35.5. The minimum atomic E-state index is -1.13. The van der Waals surface area contributed by atoms with Gasteiger partial charge in [0, 0.05) is 6.54 Å². The number of amides is 2. The Hall–Kier alpha value is -1.46. The maximum Gasteiger partial charge on any atom is 0.335 e. The van der Waals surface area contributed by atoms with Crippen LogP contribution in [-0.4, -0.2) is 23.7 Å². The van der Waals surface area contributed by atoms with E-state index >= 15 is 0 Å². The van der Waals surface area contributed by atoms with Crippen LogP contribution in [0.3, 0.4) is 0 Å². The Balaban J connectivity index is 1.97. The first-order valence-electron chi connectivity index (χ1n) is 6.24. The molecule has 0 heterocycles. The molecule has 0 radical (unpaired) electrons. The van der Waals surface area contributed by atoms with Crippen molar-refractivity contribution in [2.45, 2.75) is 19.3 Å². The molecule has 0 unspecified atom stereocenters. The van der Waals surface area contributed by atoms with Gasteiger partial charge < -0.3 is 15.7 Å². The van der Waals surface area contributed by atoms with E-state index in [1.807, 2.05) is 0 Å². The molecule has 1 aliphatic carbocycles. The smallest absolute Gasteiger partial charge is 0.335 e. The van der Waals surface area contributed by atoms with Gasteiger partial charge in [0.2, 0.25) is 0 Å². The number of carboxylic acid groups (broad SMARTS) is 1. The number of carbonyl (C=O) groups excluding carboxylic acids is 1. The van der Waals surface area contributed by atoms with Crippen LogP contribution in [0.5, 0.6) is 0 Å². The topological polar surface area (TPSA) is 78.4 Å². The Kier molecular flexibility index (Phi) is 4.73. The number of hydrogen-bond acceptors (Lipinski definition) is 2. The second-order valence-corrected chi connectivity index (χ2v) is 5.55. The summed E-state index contributed by atoms with van der Waals surface area (Å²) in [4.78, 5) is 22.5. The largest absolute Gasteiger partial charge is 0.478 e. The van der Waals surface area contributed by atoms with Gasteiger partial charge in [-0.15, -0.1) is 0 Å². The lowest BCUT2D eigenvalue weighted by atomic mass is 10.2. The van der Waals surface area contributed by atoms with Crippen LogP contribution in [0.2, 0.25) is 10.0 Å². The molecule has 0 atom stereocenters. The summed E-state index contributed by atoms with van der Waals surface area (Å²) >= 11 is 11.9. The van der Waals surface area contributed by atoms with E-state index in [1.54, 1.807) is 0 Å². The maximum absolute atomic E-state index is 11.7. The molecule has 0 saturated heterocycles. The fourth-order valence-electron chi connectivity index (χ4n) is 1.77. The summed E-state index contributed by atoms with van der Waals surface area (Å²) in [7, 11) is 0. The molecular formula is C13H14Cl2N2O3. The summed E-state index contributed by atoms with van der Waals surface area (Å²) in [6, 6.07) is 2.09. The normalized spacial score (nSPS) is 13.9. The SMILES string of the molecule is O=C(NCCC1CC1)Nc1c(Cl)cc(C(=O)O)cc1Cl. The lowest BCUT2D eigenvalue weighted by Crippen LogP contribution is -2.30. The van der Waals surface area contributed by atoms with Gasteiger partial charge >= 0.3 is 12.0 Å². The predicted molar refractivity (Wildman–Crippen MR) is 77.8 cm³/mol. The van der Waals surface area contributed by atoms with Crippen molar-refractivity contribution in [1.29, 1.82) is 0 Å². The average molecular weight is 317 g/mol. The number of hydrogen-bond donors (Lipinski definition) is 3. The molecule has 0 aliphatic heterocycles. The van der Waals surface area contributed by atoms with E-state index in [1.165, 1.54) is 25.0 Å². The maximum atomic E-state index is 11.7. The number of anilines is 1. The summed E-state index contributed by atoms with van der Waals surface area (Å²) in [5.41, 5.74) is 0.182. The van der Waals surface area contributed by atoms with E-state index in [-0.39, 0.29) is 21.3 Å². The van der Waals surface area contributed by atoms with Gasteiger partial charge in [-0.2, -0.15) is 0 Å². The zero-order valence-corrected chi connectivity index (χ0v) is 12.1. The molecule has 108 valence electrons. The van der Waals surface area contributed by atoms with Crippen LogP contribution >= 0.6 is 23.2 Å². The van der Waals surface area contributed by atoms with Crippen LogP contribution in [-0.2, 0) is 0 Å². The molecule has 1 aromatic carbocycles. The predicted octanol–water partition coefficient (Wildman–Crippen LogP) is 3.61. The van der Waals surface area contributed by atoms with Gasteiger partial charge in [0.25, 0.3) is 0 Å². The molecule has 0 spiro atoms. The van der Waals surface area contributed by atoms with Crippen LogP contribution < -0.4 is 10.6 Å². The van der Waals surface area contributed by atoms with Gasteiger partial charge in [-0.1, -0.05) is 36.0 Å². The Morgan fingerprint density at radius 2 is 1.85 bits per heavy atom. The van der Waals surface area contributed by atoms with Gasteiger partial charge in [0.1, 0.15) is 0 Å². The monoisotopic (exact) mass is 316 g/mol. The summed E-state index contributed by atoms with van der Waals surface area (Å²) in [6.07, 6.45) is 3.43. The zero-order chi connectivity index (χ0) is 14.7. The number of urea groups is 1. The Morgan fingerprint density at radius 1 is 1.25 bits per heavy atom. The van der Waals surface area contributed by atoms with Crippen molar-refractivity contribution in [2.24, 2.45) is 5.92 Å². The number of carboxylic acids is 1. The van der Waals surface area contributed by atoms with Crippen molar-refractivity contribution in [2.75, 3.05) is 11.9 Å². The summed E-state index contributed by atoms with van der Waals surface area (Å²) in [6.45, 7) is 0.596. The van der Waals surface area contributed by atoms with Crippen LogP contribution in [0.1, 0.15) is 29.6 Å². The molecule has 2 amide bonds. The highest BCUT2D eigenvalue weighted by Crippen LogP contribution is 2.32. The second-order valence-electron chi connectivity index (χ2n) is 4.73. The van der Waals surface area contributed by atoms with E-state index in [0.29, 0.717) is 6.54 Å². The van der Waals surface area contributed by atoms with Gasteiger partial charge in [-0.05, 0) is 24.5 Å². The van der Waals surface area contributed by atoms with Crippen molar-refractivity contribution < 1.29 is 14.7 Å². The molecule has 5 nitrogen and oxygen atoms in total. The first kappa shape index (κ1) is 14.9. The standard InChI is InChI=1S/C13H14Cl2N2O3/c14-9-5-8(12(18)19)6-10(15)11(9)17-13(20)16-4-3-7-1-2-7/h5-7H,1-4H2,(H,18,19)(H2,16,17,20). The van der Waals surface area contributed by atoms with Crippen LogP contribution in [0.25, 0.3) is 0 Å². The fraction of sp³-hybridized carbons (Fsp3) is 0.385. The van der Waals surface area contributed by atoms with Crippen molar-refractivity contribution in [3.63, 3.8) is 0 Å². The Labute approximate surface area is 126 Å². The number of halogens is 2. The fourth-order valence-corrected chi connectivity index (χ4v) is 2.35. The summed E-state index contributed by atoms with van der Waals surface area (Å²) in [5.74, 6) is -0.397. The van der Waals surface area contributed by atoms with E-state index in [0.717, 1.165) is 12.3 Å². The molecule has 1 saturated carbocycles. The van der Waals surface area contributed by atoms with Gasteiger partial charge in [-0.3, -0.25) is 0 Å². The van der Waals surface area contributed by atoms with Crippen LogP contribution in [0, 0.1) is 5.92 Å². The van der Waals surface area contributed by atoms with Crippen molar-refractivity contribution in [3.8, 4) is 0 Å². The average Bonchev–Trinajstić information content (AvgIpc) is 3.17. The molecule has 1 fully saturated rings. The van der Waals surface area contributed by atoms with Crippen LogP contribution in [0.15, 0.2) is 12.1 Å². The third-order valence-electron chi connectivity index (χ3n) is 3.06. The molecule has 2 rings (SSSR count). The lowest BCUT2D eigenvalue weighted by molar-refractivity contribution is 0.0697. The van der Waals surface area contributed by atoms with Crippen molar-refractivity contribution in [1.82, 2.24) is 5.32 Å². The Bertz CT molecular complexity index is 521. The first-order valence-corrected chi connectivity index (χ1v) is 7.00. The van der Waals surface area contributed by atoms with E-state index in [2.05, 4.69) is 10.6 Å². The highest BCUT2D eigenvalue weighted by Gasteiger charge is 2.21. The third kappa shape index (κ3) is 4.02. The van der Waals surface area contributed by atoms with Gasteiger partial charge in [-0.25, -0.2) is 9.59 Å². The first-order chi connectivity index (χ1) is 9.47. The molecule has 0 bridgehead atoms. The number of aromatic carboxylic acids is 1. The molecule has 3 N–H and O–H groups in total. The minimum Gasteiger partial charge on any atom is -0.478 e. The van der Waals surface area contributed by atoms with E-state index < -0.39 is 12.0 Å². The molecule has 7 heteroatoms. The van der Waals surface area contributed by atoms with E-state index in [9.17, 15) is 9.59 Å². The number of benzene rings is 1. The minimum absolute atomic E-state index is 0.0281. The quantitative estimate of drug-likeness (QED) is 0.776. The molecule has 1 aromatic rings. The third-order valence-corrected chi connectivity index (χ3v) is 3.66. The zero-order valence-electron chi connectivity index (χ0n) is 10.6. The molecule has 1 aliphatic rings. The van der Waals surface area contributed by atoms with Gasteiger partial charge in [0.05, 0.1) is 21.3 Å². The highest BCUT2D eigenvalue weighted by molar-refractivity contribution is 6.40. The molecule has 0 aromatic heterocycles. The molecular weight excluding hydrogens is 303 g/mol. The Morgan fingerprint density at radius 3 is 2.35 bits per heavy atom. The lowest BCUT2D eigenvalue weighted by Gasteiger charge is -2.11. The van der Waals surface area contributed by atoms with Gasteiger partial charge in [0.15, 0.2) is 0 Å². The van der Waals surface area contributed by atoms with E-state index in [4.69, 9.17) is 28.3 Å². The number of rotatable bonds is 5. The number of nitrogens with one attached hydrogen (secondary N) is 2. The number of carbonyl (C=O) groups is 2. The summed E-state index contributed by atoms with van der Waals surface area (Å²) in [5, 5.41) is 14.3. The van der Waals surface area contributed by atoms with Crippen molar-refractivity contribution in [3.05, 3.63) is 27.7 Å².